The summed E-state index contributed by atoms with van der Waals surface area (Å²) in [7, 11) is 4.08. The van der Waals surface area contributed by atoms with Crippen LogP contribution in [0.3, 0.4) is 0 Å². The summed E-state index contributed by atoms with van der Waals surface area (Å²) in [5.74, 6) is 0.940. The molecule has 0 radical (unpaired) electrons. The summed E-state index contributed by atoms with van der Waals surface area (Å²) in [6.45, 7) is 9.41. The average molecular weight is 264 g/mol. The smallest absolute Gasteiger partial charge is 0.121 e. The molecule has 0 bridgehead atoms. The van der Waals surface area contributed by atoms with Gasteiger partial charge >= 0.3 is 0 Å². The van der Waals surface area contributed by atoms with Gasteiger partial charge in [0.2, 0.25) is 0 Å². The van der Waals surface area contributed by atoms with Gasteiger partial charge in [0, 0.05) is 37.8 Å². The SMILES string of the molecule is CCCNCC(C)(C)COc1cccc(N(C)C)c1. The van der Waals surface area contributed by atoms with Crippen LogP contribution in [0.2, 0.25) is 0 Å². The highest BCUT2D eigenvalue weighted by Crippen LogP contribution is 2.22. The molecule has 1 aromatic carbocycles. The van der Waals surface area contributed by atoms with E-state index in [4.69, 9.17) is 4.74 Å². The van der Waals surface area contributed by atoms with Gasteiger partial charge in [-0.05, 0) is 25.1 Å². The summed E-state index contributed by atoms with van der Waals surface area (Å²) in [6.07, 6.45) is 1.17. The first-order chi connectivity index (χ1) is 8.94. The van der Waals surface area contributed by atoms with Crippen LogP contribution in [-0.4, -0.2) is 33.8 Å². The van der Waals surface area contributed by atoms with Crippen molar-refractivity contribution < 1.29 is 4.74 Å². The molecule has 0 unspecified atom stereocenters. The number of nitrogens with zero attached hydrogens (tertiary/aromatic N) is 1. The summed E-state index contributed by atoms with van der Waals surface area (Å²) in [5, 5.41) is 3.45. The van der Waals surface area contributed by atoms with Crippen LogP contribution in [0.15, 0.2) is 24.3 Å². The number of hydrogen-bond acceptors (Lipinski definition) is 3. The van der Waals surface area contributed by atoms with E-state index in [-0.39, 0.29) is 5.41 Å². The molecule has 0 heterocycles. The van der Waals surface area contributed by atoms with E-state index >= 15 is 0 Å². The summed E-state index contributed by atoms with van der Waals surface area (Å²) in [4.78, 5) is 2.08. The fourth-order valence-electron chi connectivity index (χ4n) is 1.78. The van der Waals surface area contributed by atoms with Crippen molar-refractivity contribution in [3.63, 3.8) is 0 Å². The van der Waals surface area contributed by atoms with Crippen molar-refractivity contribution in [3.05, 3.63) is 24.3 Å². The van der Waals surface area contributed by atoms with Crippen LogP contribution in [0.4, 0.5) is 5.69 Å². The maximum atomic E-state index is 5.93. The fraction of sp³-hybridized carbons (Fsp3) is 0.625. The number of nitrogens with one attached hydrogen (secondary N) is 1. The van der Waals surface area contributed by atoms with Crippen molar-refractivity contribution in [1.29, 1.82) is 0 Å². The molecule has 3 heteroatoms. The van der Waals surface area contributed by atoms with Crippen molar-refractivity contribution >= 4 is 5.69 Å². The zero-order valence-electron chi connectivity index (χ0n) is 13.0. The molecule has 0 saturated heterocycles. The third kappa shape index (κ3) is 5.97. The number of ether oxygens (including phenoxy) is 1. The Morgan fingerprint density at radius 1 is 1.26 bits per heavy atom. The van der Waals surface area contributed by atoms with E-state index in [1.807, 2.05) is 26.2 Å². The molecular weight excluding hydrogens is 236 g/mol. The van der Waals surface area contributed by atoms with Crippen molar-refractivity contribution in [2.75, 3.05) is 38.7 Å². The van der Waals surface area contributed by atoms with Crippen LogP contribution in [0.1, 0.15) is 27.2 Å². The van der Waals surface area contributed by atoms with Gasteiger partial charge in [-0.15, -0.1) is 0 Å². The average Bonchev–Trinajstić information content (AvgIpc) is 2.37. The molecule has 0 spiro atoms. The van der Waals surface area contributed by atoms with Gasteiger partial charge in [0.05, 0.1) is 6.61 Å². The van der Waals surface area contributed by atoms with Gasteiger partial charge in [-0.25, -0.2) is 0 Å². The number of hydrogen-bond donors (Lipinski definition) is 1. The molecule has 19 heavy (non-hydrogen) atoms. The molecule has 1 aromatic rings. The van der Waals surface area contributed by atoms with Crippen molar-refractivity contribution in [3.8, 4) is 5.75 Å². The summed E-state index contributed by atoms with van der Waals surface area (Å²) < 4.78 is 5.93. The normalized spacial score (nSPS) is 11.4. The molecular formula is C16H28N2O. The lowest BCUT2D eigenvalue weighted by molar-refractivity contribution is 0.176. The maximum Gasteiger partial charge on any atom is 0.121 e. The Bertz CT molecular complexity index is 375. The Kier molecular flexibility index (Phi) is 6.16. The topological polar surface area (TPSA) is 24.5 Å². The second-order valence-corrected chi connectivity index (χ2v) is 6.02. The summed E-state index contributed by atoms with van der Waals surface area (Å²) in [6, 6.07) is 8.21. The van der Waals surface area contributed by atoms with Crippen LogP contribution >= 0.6 is 0 Å². The van der Waals surface area contributed by atoms with Crippen LogP contribution < -0.4 is 15.0 Å². The van der Waals surface area contributed by atoms with Crippen molar-refractivity contribution in [2.45, 2.75) is 27.2 Å². The van der Waals surface area contributed by atoms with Crippen molar-refractivity contribution in [1.82, 2.24) is 5.32 Å². The lowest BCUT2D eigenvalue weighted by Gasteiger charge is -2.25. The predicted molar refractivity (Wildman–Crippen MR) is 83.2 cm³/mol. The van der Waals surface area contributed by atoms with Crippen LogP contribution in [0, 0.1) is 5.41 Å². The minimum Gasteiger partial charge on any atom is -0.493 e. The number of anilines is 1. The minimum absolute atomic E-state index is 0.142. The molecule has 0 atom stereocenters. The number of benzene rings is 1. The standard InChI is InChI=1S/C16H28N2O/c1-6-10-17-12-16(2,3)13-19-15-9-7-8-14(11-15)18(4)5/h7-9,11,17H,6,10,12-13H2,1-5H3. The third-order valence-corrected chi connectivity index (χ3v) is 2.99. The largest absolute Gasteiger partial charge is 0.493 e. The van der Waals surface area contributed by atoms with Gasteiger partial charge in [0.15, 0.2) is 0 Å². The van der Waals surface area contributed by atoms with Crippen LogP contribution in [0.25, 0.3) is 0 Å². The molecule has 0 aromatic heterocycles. The first-order valence-corrected chi connectivity index (χ1v) is 7.05. The predicted octanol–water partition coefficient (Wildman–Crippen LogP) is 3.16. The van der Waals surface area contributed by atoms with E-state index in [1.54, 1.807) is 0 Å². The van der Waals surface area contributed by atoms with E-state index in [9.17, 15) is 0 Å². The molecule has 0 aliphatic rings. The number of rotatable bonds is 8. The minimum atomic E-state index is 0.142. The molecule has 0 aliphatic heterocycles. The van der Waals surface area contributed by atoms with Gasteiger partial charge in [0.25, 0.3) is 0 Å². The molecule has 0 saturated carbocycles. The molecule has 3 nitrogen and oxygen atoms in total. The molecule has 0 fully saturated rings. The highest BCUT2D eigenvalue weighted by molar-refractivity contribution is 5.49. The third-order valence-electron chi connectivity index (χ3n) is 2.99. The fourth-order valence-corrected chi connectivity index (χ4v) is 1.78. The zero-order valence-corrected chi connectivity index (χ0v) is 13.0. The van der Waals surface area contributed by atoms with E-state index in [2.05, 4.69) is 43.1 Å². The molecule has 1 N–H and O–H groups in total. The molecule has 0 aliphatic carbocycles. The van der Waals surface area contributed by atoms with Gasteiger partial charge in [0.1, 0.15) is 5.75 Å². The van der Waals surface area contributed by atoms with E-state index in [0.29, 0.717) is 0 Å². The Balaban J connectivity index is 2.49. The quantitative estimate of drug-likeness (QED) is 0.730. The monoisotopic (exact) mass is 264 g/mol. The molecule has 1 rings (SSSR count). The zero-order chi connectivity index (χ0) is 14.3. The lowest BCUT2D eigenvalue weighted by Crippen LogP contribution is -2.34. The van der Waals surface area contributed by atoms with Crippen LogP contribution in [0.5, 0.6) is 5.75 Å². The lowest BCUT2D eigenvalue weighted by atomic mass is 9.95. The Hall–Kier alpha value is -1.22. The summed E-state index contributed by atoms with van der Waals surface area (Å²) in [5.41, 5.74) is 1.31. The van der Waals surface area contributed by atoms with E-state index in [1.165, 1.54) is 12.1 Å². The second kappa shape index (κ2) is 7.39. The van der Waals surface area contributed by atoms with Gasteiger partial charge in [-0.3, -0.25) is 0 Å². The van der Waals surface area contributed by atoms with E-state index < -0.39 is 0 Å². The first kappa shape index (κ1) is 15.8. The highest BCUT2D eigenvalue weighted by Gasteiger charge is 2.18. The highest BCUT2D eigenvalue weighted by atomic mass is 16.5. The molecule has 0 amide bonds. The van der Waals surface area contributed by atoms with Gasteiger partial charge < -0.3 is 15.0 Å². The van der Waals surface area contributed by atoms with E-state index in [0.717, 1.165) is 25.4 Å². The Labute approximate surface area is 118 Å². The summed E-state index contributed by atoms with van der Waals surface area (Å²) >= 11 is 0. The first-order valence-electron chi connectivity index (χ1n) is 7.05. The van der Waals surface area contributed by atoms with Gasteiger partial charge in [-0.1, -0.05) is 26.8 Å². The Morgan fingerprint density at radius 2 is 2.00 bits per heavy atom. The molecule has 108 valence electrons. The Morgan fingerprint density at radius 3 is 2.63 bits per heavy atom. The van der Waals surface area contributed by atoms with Gasteiger partial charge in [-0.2, -0.15) is 0 Å². The van der Waals surface area contributed by atoms with Crippen LogP contribution in [-0.2, 0) is 0 Å². The van der Waals surface area contributed by atoms with Crippen molar-refractivity contribution in [2.24, 2.45) is 5.41 Å². The maximum absolute atomic E-state index is 5.93. The second-order valence-electron chi connectivity index (χ2n) is 6.02.